The van der Waals surface area contributed by atoms with Crippen molar-refractivity contribution in [2.75, 3.05) is 41.5 Å². The molecule has 0 saturated carbocycles. The molecule has 0 unspecified atom stereocenters. The van der Waals surface area contributed by atoms with Crippen molar-refractivity contribution in [3.05, 3.63) is 83.7 Å². The Morgan fingerprint density at radius 1 is 1.02 bits per heavy atom. The summed E-state index contributed by atoms with van der Waals surface area (Å²) in [6.45, 7) is -0.285. The number of para-hydroxylation sites is 2. The number of benzene rings is 3. The minimum absolute atomic E-state index is 0.0170. The molecule has 7 rings (SSSR count). The van der Waals surface area contributed by atoms with Gasteiger partial charge in [0.05, 0.1) is 28.1 Å². The van der Waals surface area contributed by atoms with Crippen molar-refractivity contribution in [3.8, 4) is 23.3 Å². The molecule has 0 N–H and O–H groups in total. The molecule has 3 aliphatic rings. The van der Waals surface area contributed by atoms with E-state index in [-0.39, 0.29) is 48.7 Å². The topological polar surface area (TPSA) is 109 Å². The number of aromatic nitrogens is 1. The highest BCUT2D eigenvalue weighted by atomic mass is 32.1. The van der Waals surface area contributed by atoms with Crippen LogP contribution in [0.3, 0.4) is 0 Å². The highest BCUT2D eigenvalue weighted by Gasteiger charge is 2.41. The van der Waals surface area contributed by atoms with Crippen LogP contribution in [0, 0.1) is 18.2 Å². The van der Waals surface area contributed by atoms with Crippen molar-refractivity contribution in [2.45, 2.75) is 25.7 Å². The second kappa shape index (κ2) is 13.4. The molecule has 238 valence electrons. The Morgan fingerprint density at radius 2 is 1.70 bits per heavy atom. The Balaban J connectivity index is 0.000000168. The molecular formula is C35H29FN4O6S. The summed E-state index contributed by atoms with van der Waals surface area (Å²) in [4.78, 5) is 57.6. The van der Waals surface area contributed by atoms with Gasteiger partial charge in [0, 0.05) is 29.9 Å². The van der Waals surface area contributed by atoms with E-state index < -0.39 is 17.6 Å². The van der Waals surface area contributed by atoms with Gasteiger partial charge in [-0.3, -0.25) is 24.1 Å². The maximum Gasteiger partial charge on any atom is 0.274 e. The smallest absolute Gasteiger partial charge is 0.274 e. The van der Waals surface area contributed by atoms with Gasteiger partial charge < -0.3 is 14.4 Å². The second-order valence-electron chi connectivity index (χ2n) is 10.9. The van der Waals surface area contributed by atoms with Gasteiger partial charge in [0.15, 0.2) is 19.0 Å². The van der Waals surface area contributed by atoms with Gasteiger partial charge >= 0.3 is 0 Å². The molecule has 0 radical (unpaired) electrons. The number of amides is 4. The molecule has 3 heterocycles. The Hall–Kier alpha value is -5.54. The third-order valence-corrected chi connectivity index (χ3v) is 8.91. The van der Waals surface area contributed by atoms with E-state index >= 15 is 0 Å². The SMILES string of the molecule is C#CCN1C(=O)COc2cc(F)c(N3C(=O)C4=C(CCCC4)C3=O)cc21.CN(C(=O)COc1nc2ccccc2s1)c1ccccc1. The molecule has 4 aromatic rings. The fraction of sp³-hybridized carbons (Fsp3) is 0.229. The largest absolute Gasteiger partial charge is 0.481 e. The van der Waals surface area contributed by atoms with Gasteiger partial charge in [-0.25, -0.2) is 14.3 Å². The average Bonchev–Trinajstić information content (AvgIpc) is 3.63. The number of imide groups is 1. The Labute approximate surface area is 274 Å². The van der Waals surface area contributed by atoms with Crippen LogP contribution in [0.15, 0.2) is 77.9 Å². The van der Waals surface area contributed by atoms with Gasteiger partial charge in [-0.15, -0.1) is 6.42 Å². The third kappa shape index (κ3) is 6.30. The lowest BCUT2D eigenvalue weighted by Crippen LogP contribution is -2.39. The Bertz CT molecular complexity index is 1910. The van der Waals surface area contributed by atoms with Crippen LogP contribution in [0.2, 0.25) is 0 Å². The van der Waals surface area contributed by atoms with Gasteiger partial charge in [0.2, 0.25) is 0 Å². The molecule has 0 spiro atoms. The first kappa shape index (κ1) is 31.4. The number of anilines is 3. The van der Waals surface area contributed by atoms with Crippen LogP contribution in [0.1, 0.15) is 25.7 Å². The van der Waals surface area contributed by atoms with E-state index in [4.69, 9.17) is 15.9 Å². The minimum atomic E-state index is -0.764. The molecule has 2 aliphatic heterocycles. The fourth-order valence-corrected chi connectivity index (χ4v) is 6.35. The molecule has 1 aliphatic carbocycles. The molecule has 12 heteroatoms. The number of carbonyl (C=O) groups is 4. The van der Waals surface area contributed by atoms with E-state index in [0.29, 0.717) is 29.2 Å². The number of thiazole rings is 1. The van der Waals surface area contributed by atoms with Gasteiger partial charge in [-0.05, 0) is 56.0 Å². The molecular weight excluding hydrogens is 623 g/mol. The Morgan fingerprint density at radius 3 is 2.38 bits per heavy atom. The van der Waals surface area contributed by atoms with E-state index in [1.807, 2.05) is 54.6 Å². The van der Waals surface area contributed by atoms with Crippen molar-refractivity contribution >= 4 is 62.2 Å². The number of halogens is 1. The van der Waals surface area contributed by atoms with Crippen LogP contribution in [-0.4, -0.2) is 55.4 Å². The quantitative estimate of drug-likeness (QED) is 0.206. The summed E-state index contributed by atoms with van der Waals surface area (Å²) in [6.07, 6.45) is 8.01. The maximum absolute atomic E-state index is 14.7. The lowest BCUT2D eigenvalue weighted by molar-refractivity contribution is -0.121. The summed E-state index contributed by atoms with van der Waals surface area (Å²) in [5.41, 5.74) is 2.73. The summed E-state index contributed by atoms with van der Waals surface area (Å²) in [5, 5.41) is 0.519. The van der Waals surface area contributed by atoms with E-state index in [1.165, 1.54) is 22.3 Å². The Kier molecular flexibility index (Phi) is 8.99. The summed E-state index contributed by atoms with van der Waals surface area (Å²) >= 11 is 1.44. The number of fused-ring (bicyclic) bond motifs is 2. The zero-order valence-corrected chi connectivity index (χ0v) is 26.2. The number of likely N-dealkylation sites (N-methyl/N-ethyl adjacent to an activating group) is 1. The van der Waals surface area contributed by atoms with Crippen molar-refractivity contribution in [3.63, 3.8) is 0 Å². The van der Waals surface area contributed by atoms with Crippen molar-refractivity contribution in [1.29, 1.82) is 0 Å². The second-order valence-corrected chi connectivity index (χ2v) is 11.9. The summed E-state index contributed by atoms with van der Waals surface area (Å²) in [5.74, 6) is 0.295. The van der Waals surface area contributed by atoms with Crippen LogP contribution in [-0.2, 0) is 19.2 Å². The summed E-state index contributed by atoms with van der Waals surface area (Å²) in [6, 6.07) is 19.6. The van der Waals surface area contributed by atoms with E-state index in [0.717, 1.165) is 39.7 Å². The number of rotatable bonds is 6. The minimum Gasteiger partial charge on any atom is -0.481 e. The molecule has 0 saturated heterocycles. The van der Waals surface area contributed by atoms with Crippen molar-refractivity contribution in [2.24, 2.45) is 0 Å². The van der Waals surface area contributed by atoms with Gasteiger partial charge in [-0.2, -0.15) is 0 Å². The predicted octanol–water partition coefficient (Wildman–Crippen LogP) is 5.27. The number of carbonyl (C=O) groups excluding carboxylic acids is 4. The van der Waals surface area contributed by atoms with Gasteiger partial charge in [0.25, 0.3) is 28.8 Å². The zero-order chi connectivity index (χ0) is 33.1. The highest BCUT2D eigenvalue weighted by Crippen LogP contribution is 2.41. The number of ether oxygens (including phenoxy) is 2. The van der Waals surface area contributed by atoms with E-state index in [2.05, 4.69) is 10.9 Å². The van der Waals surface area contributed by atoms with Crippen LogP contribution in [0.4, 0.5) is 21.5 Å². The summed E-state index contributed by atoms with van der Waals surface area (Å²) < 4.78 is 26.5. The number of nitrogens with zero attached hydrogens (tertiary/aromatic N) is 4. The molecule has 10 nitrogen and oxygen atoms in total. The lowest BCUT2D eigenvalue weighted by atomic mass is 9.93. The third-order valence-electron chi connectivity index (χ3n) is 7.96. The number of hydrogen-bond acceptors (Lipinski definition) is 8. The van der Waals surface area contributed by atoms with Crippen molar-refractivity contribution < 1.29 is 33.0 Å². The highest BCUT2D eigenvalue weighted by molar-refractivity contribution is 7.20. The van der Waals surface area contributed by atoms with Crippen LogP contribution >= 0.6 is 11.3 Å². The van der Waals surface area contributed by atoms with E-state index in [1.54, 1.807) is 11.9 Å². The molecule has 0 atom stereocenters. The molecule has 47 heavy (non-hydrogen) atoms. The molecule has 0 bridgehead atoms. The molecule has 0 fully saturated rings. The first-order chi connectivity index (χ1) is 22.8. The van der Waals surface area contributed by atoms with Crippen molar-refractivity contribution in [1.82, 2.24) is 4.98 Å². The first-order valence-corrected chi connectivity index (χ1v) is 15.7. The normalized spacial score (nSPS) is 15.4. The average molecular weight is 653 g/mol. The monoisotopic (exact) mass is 652 g/mol. The number of hydrogen-bond donors (Lipinski definition) is 0. The van der Waals surface area contributed by atoms with Crippen LogP contribution < -0.4 is 24.2 Å². The van der Waals surface area contributed by atoms with Crippen LogP contribution in [0.25, 0.3) is 10.2 Å². The number of terminal acetylenes is 1. The van der Waals surface area contributed by atoms with E-state index in [9.17, 15) is 23.6 Å². The lowest BCUT2D eigenvalue weighted by Gasteiger charge is -2.29. The predicted molar refractivity (Wildman–Crippen MR) is 176 cm³/mol. The molecule has 3 aromatic carbocycles. The molecule has 1 aromatic heterocycles. The maximum atomic E-state index is 14.7. The standard InChI is InChI=1S/C19H15FN2O4.C16H14N2O2S/c1-2-7-21-15-9-14(13(20)8-16(15)26-10-17(21)23)22-18(24)11-5-3-4-6-12(11)19(22)25;1-18(12-7-3-2-4-8-12)15(19)11-20-16-17-13-9-5-6-10-14(13)21-16/h1,8-9H,3-7,10H2;2-10H,11H2,1H3. The van der Waals surface area contributed by atoms with Crippen LogP contribution in [0.5, 0.6) is 10.9 Å². The van der Waals surface area contributed by atoms with Gasteiger partial charge in [-0.1, -0.05) is 47.6 Å². The molecule has 4 amide bonds. The fourth-order valence-electron chi connectivity index (χ4n) is 5.53. The zero-order valence-electron chi connectivity index (χ0n) is 25.4. The first-order valence-electron chi connectivity index (χ1n) is 14.9. The summed E-state index contributed by atoms with van der Waals surface area (Å²) in [7, 11) is 1.74. The van der Waals surface area contributed by atoms with Gasteiger partial charge in [0.1, 0.15) is 5.75 Å².